The SMILES string of the molecule is CCCCOC(=O)CCC(C)CN. The van der Waals surface area contributed by atoms with Gasteiger partial charge in [0.15, 0.2) is 0 Å². The third kappa shape index (κ3) is 7.78. The van der Waals surface area contributed by atoms with Gasteiger partial charge in [0, 0.05) is 6.42 Å². The molecule has 3 heteroatoms. The van der Waals surface area contributed by atoms with Crippen LogP contribution in [-0.2, 0) is 9.53 Å². The van der Waals surface area contributed by atoms with E-state index < -0.39 is 0 Å². The molecular weight excluding hydrogens is 166 g/mol. The molecule has 13 heavy (non-hydrogen) atoms. The summed E-state index contributed by atoms with van der Waals surface area (Å²) in [7, 11) is 0. The highest BCUT2D eigenvalue weighted by Gasteiger charge is 2.05. The summed E-state index contributed by atoms with van der Waals surface area (Å²) in [5, 5.41) is 0. The van der Waals surface area contributed by atoms with E-state index in [4.69, 9.17) is 10.5 Å². The Hall–Kier alpha value is -0.570. The first kappa shape index (κ1) is 12.4. The monoisotopic (exact) mass is 187 g/mol. The molecule has 0 heterocycles. The zero-order valence-corrected chi connectivity index (χ0v) is 8.71. The van der Waals surface area contributed by atoms with Crippen LogP contribution in [0.15, 0.2) is 0 Å². The van der Waals surface area contributed by atoms with Crippen LogP contribution in [0.25, 0.3) is 0 Å². The van der Waals surface area contributed by atoms with Crippen molar-refractivity contribution in [3.05, 3.63) is 0 Å². The van der Waals surface area contributed by atoms with Gasteiger partial charge in [-0.2, -0.15) is 0 Å². The number of esters is 1. The van der Waals surface area contributed by atoms with Crippen molar-refractivity contribution in [2.75, 3.05) is 13.2 Å². The molecule has 3 nitrogen and oxygen atoms in total. The molecule has 0 radical (unpaired) electrons. The van der Waals surface area contributed by atoms with Gasteiger partial charge >= 0.3 is 5.97 Å². The summed E-state index contributed by atoms with van der Waals surface area (Å²) in [6, 6.07) is 0. The van der Waals surface area contributed by atoms with Crippen LogP contribution in [0.3, 0.4) is 0 Å². The first-order valence-corrected chi connectivity index (χ1v) is 5.06. The van der Waals surface area contributed by atoms with Crippen molar-refractivity contribution in [3.8, 4) is 0 Å². The Morgan fingerprint density at radius 1 is 1.54 bits per heavy atom. The van der Waals surface area contributed by atoms with Gasteiger partial charge in [0.2, 0.25) is 0 Å². The number of ether oxygens (including phenoxy) is 1. The molecule has 78 valence electrons. The second-order valence-corrected chi connectivity index (χ2v) is 3.45. The largest absolute Gasteiger partial charge is 0.466 e. The Bertz CT molecular complexity index is 137. The number of hydrogen-bond donors (Lipinski definition) is 1. The van der Waals surface area contributed by atoms with Gasteiger partial charge in [-0.1, -0.05) is 20.3 Å². The maximum atomic E-state index is 11.1. The average molecular weight is 187 g/mol. The molecule has 0 spiro atoms. The van der Waals surface area contributed by atoms with E-state index in [9.17, 15) is 4.79 Å². The molecule has 0 aliphatic rings. The van der Waals surface area contributed by atoms with Gasteiger partial charge in [-0.15, -0.1) is 0 Å². The summed E-state index contributed by atoms with van der Waals surface area (Å²) < 4.78 is 5.00. The predicted octanol–water partition coefficient (Wildman–Crippen LogP) is 1.70. The fourth-order valence-electron chi connectivity index (χ4n) is 0.885. The molecule has 1 atom stereocenters. The molecule has 0 aromatic carbocycles. The predicted molar refractivity (Wildman–Crippen MR) is 53.3 cm³/mol. The molecule has 0 saturated heterocycles. The van der Waals surface area contributed by atoms with Crippen LogP contribution in [0.4, 0.5) is 0 Å². The normalized spacial score (nSPS) is 12.5. The maximum Gasteiger partial charge on any atom is 0.305 e. The van der Waals surface area contributed by atoms with Crippen LogP contribution < -0.4 is 5.73 Å². The molecule has 1 unspecified atom stereocenters. The molecule has 0 aliphatic heterocycles. The molecule has 0 fully saturated rings. The first-order valence-electron chi connectivity index (χ1n) is 5.06. The number of hydrogen-bond acceptors (Lipinski definition) is 3. The third-order valence-electron chi connectivity index (χ3n) is 2.00. The van der Waals surface area contributed by atoms with Crippen molar-refractivity contribution in [2.45, 2.75) is 39.5 Å². The number of carbonyl (C=O) groups is 1. The summed E-state index contributed by atoms with van der Waals surface area (Å²) in [6.07, 6.45) is 3.36. The van der Waals surface area contributed by atoms with Crippen molar-refractivity contribution in [1.29, 1.82) is 0 Å². The minimum Gasteiger partial charge on any atom is -0.466 e. The summed E-state index contributed by atoms with van der Waals surface area (Å²) in [5.74, 6) is 0.326. The highest BCUT2D eigenvalue weighted by atomic mass is 16.5. The molecule has 0 rings (SSSR count). The number of unbranched alkanes of at least 4 members (excludes halogenated alkanes) is 1. The van der Waals surface area contributed by atoms with Crippen LogP contribution in [0, 0.1) is 5.92 Å². The fraction of sp³-hybridized carbons (Fsp3) is 0.900. The standard InChI is InChI=1S/C10H21NO2/c1-3-4-7-13-10(12)6-5-9(2)8-11/h9H,3-8,11H2,1-2H3. The maximum absolute atomic E-state index is 11.1. The minimum absolute atomic E-state index is 0.0891. The quantitative estimate of drug-likeness (QED) is 0.487. The first-order chi connectivity index (χ1) is 6.20. The average Bonchev–Trinajstić information content (AvgIpc) is 2.14. The van der Waals surface area contributed by atoms with Crippen molar-refractivity contribution >= 4 is 5.97 Å². The lowest BCUT2D eigenvalue weighted by atomic mass is 10.1. The molecule has 0 aromatic rings. The van der Waals surface area contributed by atoms with E-state index >= 15 is 0 Å². The Kier molecular flexibility index (Phi) is 7.69. The van der Waals surface area contributed by atoms with Gasteiger partial charge in [-0.3, -0.25) is 4.79 Å². The van der Waals surface area contributed by atoms with E-state index in [1.165, 1.54) is 0 Å². The smallest absolute Gasteiger partial charge is 0.305 e. The Balaban J connectivity index is 3.30. The van der Waals surface area contributed by atoms with Gasteiger partial charge in [-0.25, -0.2) is 0 Å². The number of rotatable bonds is 7. The van der Waals surface area contributed by atoms with Crippen molar-refractivity contribution in [1.82, 2.24) is 0 Å². The molecule has 0 aromatic heterocycles. The van der Waals surface area contributed by atoms with E-state index in [-0.39, 0.29) is 5.97 Å². The van der Waals surface area contributed by atoms with Crippen LogP contribution in [0.1, 0.15) is 39.5 Å². The van der Waals surface area contributed by atoms with Crippen LogP contribution >= 0.6 is 0 Å². The number of carbonyl (C=O) groups excluding carboxylic acids is 1. The van der Waals surface area contributed by atoms with Crippen LogP contribution in [0.5, 0.6) is 0 Å². The van der Waals surface area contributed by atoms with E-state index in [1.54, 1.807) is 0 Å². The minimum atomic E-state index is -0.0891. The van der Waals surface area contributed by atoms with Gasteiger partial charge < -0.3 is 10.5 Å². The summed E-state index contributed by atoms with van der Waals surface area (Å²) in [4.78, 5) is 11.1. The molecule has 0 amide bonds. The molecule has 0 saturated carbocycles. The Morgan fingerprint density at radius 2 is 2.23 bits per heavy atom. The second-order valence-electron chi connectivity index (χ2n) is 3.45. The third-order valence-corrected chi connectivity index (χ3v) is 2.00. The van der Waals surface area contributed by atoms with Gasteiger partial charge in [0.25, 0.3) is 0 Å². The molecule has 0 bridgehead atoms. The van der Waals surface area contributed by atoms with Crippen molar-refractivity contribution in [3.63, 3.8) is 0 Å². The number of nitrogens with two attached hydrogens (primary N) is 1. The van der Waals surface area contributed by atoms with E-state index in [0.717, 1.165) is 19.3 Å². The highest BCUT2D eigenvalue weighted by molar-refractivity contribution is 5.69. The lowest BCUT2D eigenvalue weighted by molar-refractivity contribution is -0.144. The molecular formula is C10H21NO2. The van der Waals surface area contributed by atoms with Gasteiger partial charge in [0.05, 0.1) is 6.61 Å². The highest BCUT2D eigenvalue weighted by Crippen LogP contribution is 2.04. The molecule has 2 N–H and O–H groups in total. The van der Waals surface area contributed by atoms with Crippen LogP contribution in [0.2, 0.25) is 0 Å². The zero-order valence-electron chi connectivity index (χ0n) is 8.71. The fourth-order valence-corrected chi connectivity index (χ4v) is 0.885. The second kappa shape index (κ2) is 8.05. The van der Waals surface area contributed by atoms with Crippen molar-refractivity contribution < 1.29 is 9.53 Å². The topological polar surface area (TPSA) is 52.3 Å². The summed E-state index contributed by atoms with van der Waals surface area (Å²) in [6.45, 7) is 5.32. The Labute approximate surface area is 80.6 Å². The van der Waals surface area contributed by atoms with Gasteiger partial charge in [-0.05, 0) is 25.3 Å². The lowest BCUT2D eigenvalue weighted by Crippen LogP contribution is -2.13. The van der Waals surface area contributed by atoms with Crippen molar-refractivity contribution in [2.24, 2.45) is 11.7 Å². The molecule has 0 aliphatic carbocycles. The van der Waals surface area contributed by atoms with E-state index in [2.05, 4.69) is 6.92 Å². The Morgan fingerprint density at radius 3 is 2.77 bits per heavy atom. The lowest BCUT2D eigenvalue weighted by Gasteiger charge is -2.07. The summed E-state index contributed by atoms with van der Waals surface area (Å²) >= 11 is 0. The zero-order chi connectivity index (χ0) is 10.1. The van der Waals surface area contributed by atoms with E-state index in [0.29, 0.717) is 25.5 Å². The summed E-state index contributed by atoms with van der Waals surface area (Å²) in [5.41, 5.74) is 5.43. The van der Waals surface area contributed by atoms with Gasteiger partial charge in [0.1, 0.15) is 0 Å². The van der Waals surface area contributed by atoms with E-state index in [1.807, 2.05) is 6.92 Å². The van der Waals surface area contributed by atoms with Crippen LogP contribution in [-0.4, -0.2) is 19.1 Å².